The highest BCUT2D eigenvalue weighted by molar-refractivity contribution is 5.95. The minimum atomic E-state index is 0.474. The van der Waals surface area contributed by atoms with Crippen LogP contribution in [-0.2, 0) is 0 Å². The van der Waals surface area contributed by atoms with Crippen molar-refractivity contribution in [3.63, 3.8) is 0 Å². The number of hydrogen-bond donors (Lipinski definition) is 2. The molecule has 19 heavy (non-hydrogen) atoms. The van der Waals surface area contributed by atoms with E-state index in [0.717, 1.165) is 28.4 Å². The molecule has 0 atom stereocenters. The lowest BCUT2D eigenvalue weighted by Gasteiger charge is -1.97. The number of carbonyl (C=O) groups excluding carboxylic acids is 1. The second-order valence-corrected chi connectivity index (χ2v) is 4.26. The fourth-order valence-corrected chi connectivity index (χ4v) is 2.25. The Bertz CT molecular complexity index is 725. The van der Waals surface area contributed by atoms with E-state index in [1.807, 2.05) is 43.5 Å². The second kappa shape index (κ2) is 4.65. The van der Waals surface area contributed by atoms with Gasteiger partial charge in [-0.3, -0.25) is 4.79 Å². The maximum Gasteiger partial charge on any atom is 0.170 e. The summed E-state index contributed by atoms with van der Waals surface area (Å²) in [6.07, 6.45) is 2.71. The van der Waals surface area contributed by atoms with Crippen molar-refractivity contribution in [2.24, 2.45) is 0 Å². The molecule has 0 amide bonds. The van der Waals surface area contributed by atoms with Crippen molar-refractivity contribution in [2.75, 3.05) is 6.61 Å². The molecule has 3 rings (SSSR count). The summed E-state index contributed by atoms with van der Waals surface area (Å²) in [5.74, 6) is 0.595. The van der Waals surface area contributed by atoms with E-state index in [9.17, 15) is 4.79 Å². The second-order valence-electron chi connectivity index (χ2n) is 4.26. The van der Waals surface area contributed by atoms with Gasteiger partial charge in [0.25, 0.3) is 0 Å². The van der Waals surface area contributed by atoms with Gasteiger partial charge in [-0.05, 0) is 13.0 Å². The van der Waals surface area contributed by atoms with E-state index in [-0.39, 0.29) is 0 Å². The monoisotopic (exact) mass is 254 g/mol. The Hall–Kier alpha value is -2.49. The SMILES string of the molecule is CCOc1cc(-c2c[nH]c3ccccc23)[nH]c1C=O. The Morgan fingerprint density at radius 1 is 1.32 bits per heavy atom. The first kappa shape index (κ1) is 11.6. The molecule has 3 aromatic rings. The van der Waals surface area contributed by atoms with Gasteiger partial charge in [-0.2, -0.15) is 0 Å². The molecule has 4 nitrogen and oxygen atoms in total. The molecule has 4 heteroatoms. The molecule has 2 heterocycles. The Kier molecular flexibility index (Phi) is 2.83. The highest BCUT2D eigenvalue weighted by Gasteiger charge is 2.12. The highest BCUT2D eigenvalue weighted by atomic mass is 16.5. The number of aromatic amines is 2. The van der Waals surface area contributed by atoms with Crippen LogP contribution in [0.4, 0.5) is 0 Å². The minimum Gasteiger partial charge on any atom is -0.491 e. The summed E-state index contributed by atoms with van der Waals surface area (Å²) in [6, 6.07) is 9.91. The number of benzene rings is 1. The van der Waals surface area contributed by atoms with Gasteiger partial charge in [-0.1, -0.05) is 18.2 Å². The Morgan fingerprint density at radius 3 is 2.95 bits per heavy atom. The van der Waals surface area contributed by atoms with Crippen LogP contribution in [-0.4, -0.2) is 22.9 Å². The molecule has 2 N–H and O–H groups in total. The minimum absolute atomic E-state index is 0.474. The molecule has 0 aliphatic rings. The smallest absolute Gasteiger partial charge is 0.170 e. The van der Waals surface area contributed by atoms with Gasteiger partial charge in [-0.25, -0.2) is 0 Å². The van der Waals surface area contributed by atoms with Crippen molar-refractivity contribution < 1.29 is 9.53 Å². The van der Waals surface area contributed by atoms with Crippen LogP contribution in [0, 0.1) is 0 Å². The van der Waals surface area contributed by atoms with E-state index in [1.54, 1.807) is 0 Å². The van der Waals surface area contributed by atoms with Gasteiger partial charge in [0.2, 0.25) is 0 Å². The molecule has 0 spiro atoms. The third-order valence-corrected chi connectivity index (χ3v) is 3.11. The number of nitrogens with one attached hydrogen (secondary N) is 2. The number of aromatic nitrogens is 2. The first-order chi connectivity index (χ1) is 9.33. The molecule has 1 aromatic carbocycles. The van der Waals surface area contributed by atoms with Gasteiger partial charge in [0, 0.05) is 28.7 Å². The molecule has 0 aliphatic heterocycles. The molecule has 0 aliphatic carbocycles. The van der Waals surface area contributed by atoms with Crippen molar-refractivity contribution in [1.29, 1.82) is 0 Å². The molecule has 2 aromatic heterocycles. The van der Waals surface area contributed by atoms with E-state index in [2.05, 4.69) is 9.97 Å². The van der Waals surface area contributed by atoms with E-state index >= 15 is 0 Å². The Morgan fingerprint density at radius 2 is 2.16 bits per heavy atom. The number of para-hydroxylation sites is 1. The van der Waals surface area contributed by atoms with Gasteiger partial charge in [0.15, 0.2) is 6.29 Å². The van der Waals surface area contributed by atoms with Gasteiger partial charge >= 0.3 is 0 Å². The van der Waals surface area contributed by atoms with E-state index < -0.39 is 0 Å². The quantitative estimate of drug-likeness (QED) is 0.701. The van der Waals surface area contributed by atoms with Crippen LogP contribution in [0.15, 0.2) is 36.5 Å². The summed E-state index contributed by atoms with van der Waals surface area (Å²) in [5, 5.41) is 1.12. The summed E-state index contributed by atoms with van der Waals surface area (Å²) in [4.78, 5) is 17.3. The number of H-pyrrole nitrogens is 2. The number of carbonyl (C=O) groups is 1. The fourth-order valence-electron chi connectivity index (χ4n) is 2.25. The maximum atomic E-state index is 11.0. The molecular weight excluding hydrogens is 240 g/mol. The van der Waals surface area contributed by atoms with Crippen LogP contribution in [0.2, 0.25) is 0 Å². The maximum absolute atomic E-state index is 11.0. The Balaban J connectivity index is 2.13. The summed E-state index contributed by atoms with van der Waals surface area (Å²) in [5.41, 5.74) is 3.45. The average molecular weight is 254 g/mol. The third kappa shape index (κ3) is 1.91. The Labute approximate surface area is 110 Å². The fraction of sp³-hybridized carbons (Fsp3) is 0.133. The van der Waals surface area contributed by atoms with Crippen molar-refractivity contribution in [3.8, 4) is 17.0 Å². The van der Waals surface area contributed by atoms with E-state index in [1.165, 1.54) is 0 Å². The van der Waals surface area contributed by atoms with E-state index in [0.29, 0.717) is 18.1 Å². The molecule has 96 valence electrons. The molecule has 0 radical (unpaired) electrons. The van der Waals surface area contributed by atoms with Crippen LogP contribution in [0.5, 0.6) is 5.75 Å². The standard InChI is InChI=1S/C15H14N2O2/c1-2-19-15-7-13(17-14(15)9-18)11-8-16-12-6-4-3-5-10(11)12/h3-9,16-17H,2H2,1H3. The van der Waals surface area contributed by atoms with Gasteiger partial charge < -0.3 is 14.7 Å². The van der Waals surface area contributed by atoms with E-state index in [4.69, 9.17) is 4.74 Å². The van der Waals surface area contributed by atoms with Crippen LogP contribution < -0.4 is 4.74 Å². The predicted molar refractivity (Wildman–Crippen MR) is 74.6 cm³/mol. The third-order valence-electron chi connectivity index (χ3n) is 3.11. The zero-order valence-electron chi connectivity index (χ0n) is 10.6. The van der Waals surface area contributed by atoms with Crippen molar-refractivity contribution in [3.05, 3.63) is 42.2 Å². The number of fused-ring (bicyclic) bond motifs is 1. The molecule has 0 saturated carbocycles. The topological polar surface area (TPSA) is 57.9 Å². The molecule has 0 bridgehead atoms. The normalized spacial score (nSPS) is 10.8. The number of rotatable bonds is 4. The molecule has 0 unspecified atom stereocenters. The zero-order valence-corrected chi connectivity index (χ0v) is 10.6. The summed E-state index contributed by atoms with van der Waals surface area (Å²) >= 11 is 0. The van der Waals surface area contributed by atoms with Crippen LogP contribution in [0.1, 0.15) is 17.4 Å². The first-order valence-electron chi connectivity index (χ1n) is 6.21. The largest absolute Gasteiger partial charge is 0.491 e. The van der Waals surface area contributed by atoms with Crippen molar-refractivity contribution in [1.82, 2.24) is 9.97 Å². The van der Waals surface area contributed by atoms with Gasteiger partial charge in [-0.15, -0.1) is 0 Å². The first-order valence-corrected chi connectivity index (χ1v) is 6.21. The molecular formula is C15H14N2O2. The van der Waals surface area contributed by atoms with Crippen LogP contribution >= 0.6 is 0 Å². The summed E-state index contributed by atoms with van der Waals surface area (Å²) < 4.78 is 5.45. The number of ether oxygens (including phenoxy) is 1. The number of hydrogen-bond acceptors (Lipinski definition) is 2. The predicted octanol–water partition coefficient (Wildman–Crippen LogP) is 3.37. The molecule has 0 fully saturated rings. The van der Waals surface area contributed by atoms with Crippen LogP contribution in [0.25, 0.3) is 22.2 Å². The van der Waals surface area contributed by atoms with Crippen molar-refractivity contribution >= 4 is 17.2 Å². The average Bonchev–Trinajstić information content (AvgIpc) is 3.02. The highest BCUT2D eigenvalue weighted by Crippen LogP contribution is 2.31. The summed E-state index contributed by atoms with van der Waals surface area (Å²) in [6.45, 7) is 2.43. The van der Waals surface area contributed by atoms with Gasteiger partial charge in [0.05, 0.1) is 12.3 Å². The lowest BCUT2D eigenvalue weighted by molar-refractivity contribution is 0.111. The summed E-state index contributed by atoms with van der Waals surface area (Å²) in [7, 11) is 0. The number of aldehydes is 1. The lowest BCUT2D eigenvalue weighted by Crippen LogP contribution is -1.92. The van der Waals surface area contributed by atoms with Crippen LogP contribution in [0.3, 0.4) is 0 Å². The lowest BCUT2D eigenvalue weighted by atomic mass is 10.1. The van der Waals surface area contributed by atoms with Gasteiger partial charge in [0.1, 0.15) is 11.4 Å². The van der Waals surface area contributed by atoms with Crippen molar-refractivity contribution in [2.45, 2.75) is 6.92 Å². The molecule has 0 saturated heterocycles. The zero-order chi connectivity index (χ0) is 13.2.